The molecule has 0 radical (unpaired) electrons. The molecule has 0 saturated carbocycles. The van der Waals surface area contributed by atoms with Crippen molar-refractivity contribution in [1.82, 2.24) is 4.72 Å². The molecule has 0 heterocycles. The number of sulfonamides is 1. The van der Waals surface area contributed by atoms with Crippen LogP contribution in [0.25, 0.3) is 0 Å². The molecule has 2 N–H and O–H groups in total. The van der Waals surface area contributed by atoms with E-state index in [9.17, 15) is 13.2 Å². The van der Waals surface area contributed by atoms with Crippen molar-refractivity contribution in [3.05, 3.63) is 12.0 Å². The van der Waals surface area contributed by atoms with Crippen LogP contribution in [0.5, 0.6) is 0 Å². The van der Waals surface area contributed by atoms with E-state index in [0.29, 0.717) is 5.41 Å². The van der Waals surface area contributed by atoms with Gasteiger partial charge in [0, 0.05) is 5.41 Å². The van der Waals surface area contributed by atoms with Gasteiger partial charge in [-0.15, -0.1) is 0 Å². The molecule has 0 rings (SSSR count). The van der Waals surface area contributed by atoms with Crippen molar-refractivity contribution in [3.8, 4) is 0 Å². The molecular weight excluding hydrogens is 158 g/mol. The summed E-state index contributed by atoms with van der Waals surface area (Å²) in [6.45, 7) is 2.35. The molecule has 0 atom stereocenters. The number of rotatable bonds is 4. The molecule has 5 nitrogen and oxygen atoms in total. The van der Waals surface area contributed by atoms with Gasteiger partial charge in [-0.3, -0.25) is 4.79 Å². The topological polar surface area (TPSA) is 83.5 Å². The van der Waals surface area contributed by atoms with Crippen LogP contribution in [0.15, 0.2) is 12.0 Å². The maximum Gasteiger partial charge on any atom is 0.318 e. The molecule has 10 heavy (non-hydrogen) atoms. The van der Waals surface area contributed by atoms with Crippen LogP contribution in [0.1, 0.15) is 0 Å². The lowest BCUT2D eigenvalue weighted by molar-refractivity contribution is -0.135. The maximum atomic E-state index is 10.4. The first-order chi connectivity index (χ1) is 4.48. The standard InChI is InChI=1S/C4H7NO4S/c1-2-10(8,9)5-3-4(6)7/h2,5H,1,3H2,(H,6,7). The third-order valence-electron chi connectivity index (χ3n) is 0.644. The summed E-state index contributed by atoms with van der Waals surface area (Å²) >= 11 is 0. The van der Waals surface area contributed by atoms with Crippen LogP contribution in [0, 0.1) is 0 Å². The van der Waals surface area contributed by atoms with Crippen LogP contribution in [0.2, 0.25) is 0 Å². The van der Waals surface area contributed by atoms with E-state index in [4.69, 9.17) is 5.11 Å². The van der Waals surface area contributed by atoms with Crippen LogP contribution >= 0.6 is 0 Å². The van der Waals surface area contributed by atoms with Crippen LogP contribution in [0.3, 0.4) is 0 Å². The fourth-order valence-electron chi connectivity index (χ4n) is 0.221. The highest BCUT2D eigenvalue weighted by Gasteiger charge is 2.04. The molecule has 0 bridgehead atoms. The molecule has 6 heteroatoms. The summed E-state index contributed by atoms with van der Waals surface area (Å²) in [5.74, 6) is -1.23. The van der Waals surface area contributed by atoms with Crippen molar-refractivity contribution >= 4 is 16.0 Å². The summed E-state index contributed by atoms with van der Waals surface area (Å²) in [6, 6.07) is 0. The van der Waals surface area contributed by atoms with Gasteiger partial charge in [-0.1, -0.05) is 6.58 Å². The van der Waals surface area contributed by atoms with Crippen molar-refractivity contribution in [1.29, 1.82) is 0 Å². The quantitative estimate of drug-likeness (QED) is 0.567. The average Bonchev–Trinajstić information content (AvgIpc) is 1.85. The summed E-state index contributed by atoms with van der Waals surface area (Å²) in [7, 11) is -3.58. The van der Waals surface area contributed by atoms with Gasteiger partial charge in [0.2, 0.25) is 10.0 Å². The van der Waals surface area contributed by atoms with E-state index >= 15 is 0 Å². The number of carboxylic acids is 1. The van der Waals surface area contributed by atoms with Crippen molar-refractivity contribution in [2.45, 2.75) is 0 Å². The highest BCUT2D eigenvalue weighted by atomic mass is 32.2. The lowest BCUT2D eigenvalue weighted by Gasteiger charge is -1.95. The first kappa shape index (κ1) is 9.12. The molecule has 0 aliphatic carbocycles. The molecule has 0 aromatic heterocycles. The van der Waals surface area contributed by atoms with Gasteiger partial charge >= 0.3 is 5.97 Å². The fraction of sp³-hybridized carbons (Fsp3) is 0.250. The predicted molar refractivity (Wildman–Crippen MR) is 34.8 cm³/mol. The largest absolute Gasteiger partial charge is 0.480 e. The Bertz CT molecular complexity index is 230. The molecular formula is C4H7NO4S. The van der Waals surface area contributed by atoms with Crippen molar-refractivity contribution in [2.75, 3.05) is 6.54 Å². The van der Waals surface area contributed by atoms with Crippen molar-refractivity contribution < 1.29 is 18.3 Å². The summed E-state index contributed by atoms with van der Waals surface area (Å²) < 4.78 is 22.6. The Labute approximate surface area is 58.4 Å². The summed E-state index contributed by atoms with van der Waals surface area (Å²) in [6.07, 6.45) is 0. The fourth-order valence-corrected chi connectivity index (χ4v) is 0.664. The zero-order valence-electron chi connectivity index (χ0n) is 5.07. The van der Waals surface area contributed by atoms with Crippen LogP contribution in [-0.2, 0) is 14.8 Å². The highest BCUT2D eigenvalue weighted by Crippen LogP contribution is 1.80. The molecule has 0 spiro atoms. The number of aliphatic carboxylic acids is 1. The molecule has 0 amide bonds. The SMILES string of the molecule is C=CS(=O)(=O)NCC(=O)O. The van der Waals surface area contributed by atoms with Crippen molar-refractivity contribution in [3.63, 3.8) is 0 Å². The van der Waals surface area contributed by atoms with Crippen LogP contribution < -0.4 is 4.72 Å². The average molecular weight is 165 g/mol. The van der Waals surface area contributed by atoms with Gasteiger partial charge in [0.25, 0.3) is 0 Å². The maximum absolute atomic E-state index is 10.4. The Morgan fingerprint density at radius 3 is 2.50 bits per heavy atom. The normalized spacial score (nSPS) is 10.8. The van der Waals surface area contributed by atoms with E-state index in [-0.39, 0.29) is 0 Å². The van der Waals surface area contributed by atoms with E-state index in [1.807, 2.05) is 0 Å². The van der Waals surface area contributed by atoms with Gasteiger partial charge in [-0.05, 0) is 0 Å². The minimum Gasteiger partial charge on any atom is -0.480 e. The van der Waals surface area contributed by atoms with Gasteiger partial charge in [0.15, 0.2) is 0 Å². The summed E-state index contributed by atoms with van der Waals surface area (Å²) in [5, 5.41) is 8.66. The number of hydrogen-bond acceptors (Lipinski definition) is 3. The summed E-state index contributed by atoms with van der Waals surface area (Å²) in [4.78, 5) is 9.80. The minimum atomic E-state index is -3.58. The molecule has 0 aliphatic heterocycles. The van der Waals surface area contributed by atoms with Crippen LogP contribution in [0.4, 0.5) is 0 Å². The number of carboxylic acid groups (broad SMARTS) is 1. The Morgan fingerprint density at radius 1 is 1.70 bits per heavy atom. The lowest BCUT2D eigenvalue weighted by atomic mass is 10.7. The second-order valence-electron chi connectivity index (χ2n) is 1.43. The number of nitrogens with one attached hydrogen (secondary N) is 1. The second kappa shape index (κ2) is 3.33. The predicted octanol–water partition coefficient (Wildman–Crippen LogP) is -0.866. The molecule has 58 valence electrons. The van der Waals surface area contributed by atoms with Gasteiger partial charge < -0.3 is 5.11 Å². The Hall–Kier alpha value is -0.880. The van der Waals surface area contributed by atoms with Gasteiger partial charge in [0.1, 0.15) is 6.54 Å². The Morgan fingerprint density at radius 2 is 2.20 bits per heavy atom. The van der Waals surface area contributed by atoms with Gasteiger partial charge in [-0.25, -0.2) is 13.1 Å². The van der Waals surface area contributed by atoms with E-state index < -0.39 is 22.5 Å². The van der Waals surface area contributed by atoms with Crippen LogP contribution in [-0.4, -0.2) is 26.0 Å². The lowest BCUT2D eigenvalue weighted by Crippen LogP contribution is -2.27. The first-order valence-electron chi connectivity index (χ1n) is 2.32. The Kier molecular flexibility index (Phi) is 3.04. The zero-order chi connectivity index (χ0) is 8.20. The third kappa shape index (κ3) is 4.04. The summed E-state index contributed by atoms with van der Waals surface area (Å²) in [5.41, 5.74) is 0. The van der Waals surface area contributed by atoms with Crippen molar-refractivity contribution in [2.24, 2.45) is 0 Å². The smallest absolute Gasteiger partial charge is 0.318 e. The molecule has 0 saturated heterocycles. The monoisotopic (exact) mass is 165 g/mol. The first-order valence-corrected chi connectivity index (χ1v) is 3.86. The second-order valence-corrected chi connectivity index (χ2v) is 3.14. The molecule has 0 aliphatic rings. The zero-order valence-corrected chi connectivity index (χ0v) is 5.89. The Balaban J connectivity index is 3.93. The van der Waals surface area contributed by atoms with Gasteiger partial charge in [-0.2, -0.15) is 0 Å². The molecule has 0 aromatic carbocycles. The number of carbonyl (C=O) groups is 1. The number of hydrogen-bond donors (Lipinski definition) is 2. The van der Waals surface area contributed by atoms with E-state index in [1.165, 1.54) is 0 Å². The van der Waals surface area contributed by atoms with E-state index in [1.54, 1.807) is 4.72 Å². The highest BCUT2D eigenvalue weighted by molar-refractivity contribution is 7.92. The van der Waals surface area contributed by atoms with Gasteiger partial charge in [0.05, 0.1) is 0 Å². The van der Waals surface area contributed by atoms with E-state index in [0.717, 1.165) is 0 Å². The molecule has 0 unspecified atom stereocenters. The van der Waals surface area contributed by atoms with E-state index in [2.05, 4.69) is 6.58 Å². The molecule has 0 aromatic rings. The third-order valence-corrected chi connectivity index (χ3v) is 1.63. The minimum absolute atomic E-state index is 0.617. The molecule has 0 fully saturated rings.